The number of carbonyl (C=O) groups is 1. The Kier molecular flexibility index (Phi) is 2.14. The topological polar surface area (TPSA) is 63.2 Å². The minimum Gasteiger partial charge on any atom is -0.349 e. The van der Waals surface area contributed by atoms with E-state index >= 15 is 0 Å². The summed E-state index contributed by atoms with van der Waals surface area (Å²) < 4.78 is 22.3. The van der Waals surface area contributed by atoms with Crippen LogP contribution < -0.4 is 5.32 Å². The van der Waals surface area contributed by atoms with Gasteiger partial charge in [0.25, 0.3) is 0 Å². The molecular weight excluding hydrogens is 226 g/mol. The van der Waals surface area contributed by atoms with Crippen LogP contribution in [0.25, 0.3) is 0 Å². The average Bonchev–Trinajstić information content (AvgIpc) is 2.65. The molecule has 1 amide bonds. The molecule has 2 saturated carbocycles. The van der Waals surface area contributed by atoms with Gasteiger partial charge in [-0.3, -0.25) is 4.79 Å². The van der Waals surface area contributed by atoms with E-state index in [0.717, 1.165) is 24.7 Å². The third-order valence-electron chi connectivity index (χ3n) is 3.87. The van der Waals surface area contributed by atoms with E-state index < -0.39 is 9.84 Å². The molecule has 16 heavy (non-hydrogen) atoms. The highest BCUT2D eigenvalue weighted by Crippen LogP contribution is 2.54. The summed E-state index contributed by atoms with van der Waals surface area (Å²) in [7, 11) is -3.06. The lowest BCUT2D eigenvalue weighted by atomic mass is 10.0. The van der Waals surface area contributed by atoms with Gasteiger partial charge < -0.3 is 5.32 Å². The number of hydrogen-bond acceptors (Lipinski definition) is 3. The van der Waals surface area contributed by atoms with E-state index in [1.807, 2.05) is 0 Å². The Morgan fingerprint density at radius 1 is 1.19 bits per heavy atom. The van der Waals surface area contributed by atoms with Crippen LogP contribution in [-0.2, 0) is 14.6 Å². The minimum atomic E-state index is -3.06. The van der Waals surface area contributed by atoms with Gasteiger partial charge in [0.2, 0.25) is 5.91 Å². The molecule has 1 aliphatic heterocycles. The van der Waals surface area contributed by atoms with Crippen molar-refractivity contribution >= 4 is 15.7 Å². The molecule has 0 saturated heterocycles. The maximum absolute atomic E-state index is 11.8. The third-order valence-corrected chi connectivity index (χ3v) is 5.27. The first kappa shape index (κ1) is 10.3. The predicted octanol–water partition coefficient (Wildman–Crippen LogP) is 0.459. The molecule has 0 aromatic heterocycles. The van der Waals surface area contributed by atoms with Crippen LogP contribution in [-0.4, -0.2) is 26.1 Å². The van der Waals surface area contributed by atoms with Gasteiger partial charge in [0.05, 0.1) is 11.8 Å². The van der Waals surface area contributed by atoms with Gasteiger partial charge in [-0.1, -0.05) is 0 Å². The molecular formula is C11H15NO3S. The Bertz CT molecular complexity index is 444. The van der Waals surface area contributed by atoms with Crippen molar-refractivity contribution in [3.05, 3.63) is 11.5 Å². The summed E-state index contributed by atoms with van der Waals surface area (Å²) in [4.78, 5) is 11.8. The van der Waals surface area contributed by atoms with Gasteiger partial charge in [-0.25, -0.2) is 8.42 Å². The minimum absolute atomic E-state index is 0.0261. The number of hydrogen-bond donors (Lipinski definition) is 1. The lowest BCUT2D eigenvalue weighted by molar-refractivity contribution is -0.125. The zero-order valence-corrected chi connectivity index (χ0v) is 9.74. The van der Waals surface area contributed by atoms with Crippen LogP contribution in [0.1, 0.15) is 19.3 Å². The number of amides is 1. The molecule has 0 spiro atoms. The van der Waals surface area contributed by atoms with Crippen LogP contribution in [0.5, 0.6) is 0 Å². The molecule has 0 bridgehead atoms. The second-order valence-electron chi connectivity index (χ2n) is 5.20. The molecule has 3 aliphatic rings. The predicted molar refractivity (Wildman–Crippen MR) is 59.2 cm³/mol. The maximum Gasteiger partial charge on any atom is 0.223 e. The largest absolute Gasteiger partial charge is 0.349 e. The molecule has 0 radical (unpaired) electrons. The van der Waals surface area contributed by atoms with Gasteiger partial charge in [0.15, 0.2) is 9.84 Å². The van der Waals surface area contributed by atoms with Crippen molar-refractivity contribution in [2.45, 2.75) is 25.3 Å². The zero-order valence-electron chi connectivity index (χ0n) is 8.93. The molecule has 3 unspecified atom stereocenters. The zero-order chi connectivity index (χ0) is 11.3. The first-order valence-electron chi connectivity index (χ1n) is 5.75. The Balaban J connectivity index is 1.56. The summed E-state index contributed by atoms with van der Waals surface area (Å²) in [6.45, 7) is 0. The van der Waals surface area contributed by atoms with Crippen molar-refractivity contribution in [3.63, 3.8) is 0 Å². The molecule has 88 valence electrons. The van der Waals surface area contributed by atoms with Crippen LogP contribution >= 0.6 is 0 Å². The normalized spacial score (nSPS) is 43.0. The summed E-state index contributed by atoms with van der Waals surface area (Å²) in [6.07, 6.45) is 4.86. The molecule has 0 aromatic carbocycles. The highest BCUT2D eigenvalue weighted by atomic mass is 32.2. The van der Waals surface area contributed by atoms with Crippen molar-refractivity contribution in [2.24, 2.45) is 17.8 Å². The number of rotatable bonds is 2. The van der Waals surface area contributed by atoms with Crippen LogP contribution in [0.2, 0.25) is 0 Å². The molecule has 0 aromatic rings. The summed E-state index contributed by atoms with van der Waals surface area (Å²) in [5, 5.41) is 4.01. The van der Waals surface area contributed by atoms with Crippen molar-refractivity contribution in [1.29, 1.82) is 0 Å². The molecule has 2 aliphatic carbocycles. The fourth-order valence-corrected chi connectivity index (χ4v) is 4.13. The first-order valence-corrected chi connectivity index (χ1v) is 7.46. The van der Waals surface area contributed by atoms with E-state index in [1.54, 1.807) is 6.08 Å². The molecule has 5 heteroatoms. The van der Waals surface area contributed by atoms with E-state index in [9.17, 15) is 13.2 Å². The fraction of sp³-hybridized carbons (Fsp3) is 0.727. The molecule has 4 nitrogen and oxygen atoms in total. The van der Waals surface area contributed by atoms with Gasteiger partial charge in [-0.05, 0) is 37.2 Å². The van der Waals surface area contributed by atoms with Gasteiger partial charge in [-0.15, -0.1) is 0 Å². The molecule has 3 rings (SSSR count). The highest BCUT2D eigenvalue weighted by molar-refractivity contribution is 7.94. The van der Waals surface area contributed by atoms with E-state index in [-0.39, 0.29) is 23.6 Å². The SMILES string of the molecule is O=C(NC1C=CS(=O)(=O)C1)C1CC2CC2C1. The fourth-order valence-electron chi connectivity index (χ4n) is 2.90. The molecule has 1 N–H and O–H groups in total. The highest BCUT2D eigenvalue weighted by Gasteiger charge is 2.48. The van der Waals surface area contributed by atoms with Gasteiger partial charge >= 0.3 is 0 Å². The Morgan fingerprint density at radius 3 is 2.44 bits per heavy atom. The summed E-state index contributed by atoms with van der Waals surface area (Å²) >= 11 is 0. The monoisotopic (exact) mass is 241 g/mol. The molecule has 3 atom stereocenters. The first-order chi connectivity index (χ1) is 7.53. The molecule has 1 heterocycles. The Morgan fingerprint density at radius 2 is 1.88 bits per heavy atom. The number of nitrogens with one attached hydrogen (secondary N) is 1. The average molecular weight is 241 g/mol. The Labute approximate surface area is 95.0 Å². The third kappa shape index (κ3) is 1.88. The van der Waals surface area contributed by atoms with Crippen molar-refractivity contribution in [3.8, 4) is 0 Å². The van der Waals surface area contributed by atoms with E-state index in [2.05, 4.69) is 5.32 Å². The van der Waals surface area contributed by atoms with Crippen molar-refractivity contribution in [2.75, 3.05) is 5.75 Å². The van der Waals surface area contributed by atoms with Crippen LogP contribution in [0, 0.1) is 17.8 Å². The van der Waals surface area contributed by atoms with Crippen molar-refractivity contribution < 1.29 is 13.2 Å². The lowest BCUT2D eigenvalue weighted by Crippen LogP contribution is -2.39. The summed E-state index contributed by atoms with van der Waals surface area (Å²) in [6, 6.07) is -0.311. The second kappa shape index (κ2) is 3.32. The molecule has 2 fully saturated rings. The summed E-state index contributed by atoms with van der Waals surface area (Å²) in [5.41, 5.74) is 0. The van der Waals surface area contributed by atoms with E-state index in [1.165, 1.54) is 11.8 Å². The number of carbonyl (C=O) groups excluding carboxylic acids is 1. The van der Waals surface area contributed by atoms with Gasteiger partial charge in [-0.2, -0.15) is 0 Å². The van der Waals surface area contributed by atoms with Gasteiger partial charge in [0, 0.05) is 11.3 Å². The summed E-state index contributed by atoms with van der Waals surface area (Å²) in [5.74, 6) is 1.75. The van der Waals surface area contributed by atoms with E-state index in [0.29, 0.717) is 0 Å². The van der Waals surface area contributed by atoms with Crippen LogP contribution in [0.4, 0.5) is 0 Å². The van der Waals surface area contributed by atoms with Crippen LogP contribution in [0.15, 0.2) is 11.5 Å². The van der Waals surface area contributed by atoms with Gasteiger partial charge in [0.1, 0.15) is 0 Å². The quantitative estimate of drug-likeness (QED) is 0.764. The second-order valence-corrected chi connectivity index (χ2v) is 7.13. The maximum atomic E-state index is 11.8. The van der Waals surface area contributed by atoms with Crippen LogP contribution in [0.3, 0.4) is 0 Å². The lowest BCUT2D eigenvalue weighted by Gasteiger charge is -2.15. The van der Waals surface area contributed by atoms with Crippen molar-refractivity contribution in [1.82, 2.24) is 5.32 Å². The Hall–Kier alpha value is -0.840. The number of sulfone groups is 1. The van der Waals surface area contributed by atoms with E-state index in [4.69, 9.17) is 0 Å². The smallest absolute Gasteiger partial charge is 0.223 e. The number of fused-ring (bicyclic) bond motifs is 1. The standard InChI is InChI=1S/C11H15NO3S/c13-11(9-4-7-3-8(7)5-9)12-10-1-2-16(14,15)6-10/h1-2,7-10H,3-6H2,(H,12,13).